The lowest BCUT2D eigenvalue weighted by molar-refractivity contribution is 0.529. The van der Waals surface area contributed by atoms with E-state index >= 15 is 0 Å². The Bertz CT molecular complexity index is 540. The average molecular weight is 283 g/mol. The first-order chi connectivity index (χ1) is 8.58. The summed E-state index contributed by atoms with van der Waals surface area (Å²) in [5.74, 6) is 7.46. The summed E-state index contributed by atoms with van der Waals surface area (Å²) in [4.78, 5) is 0.971. The minimum Gasteiger partial charge on any atom is -0.468 e. The lowest BCUT2D eigenvalue weighted by Crippen LogP contribution is -2.25. The molecular weight excluding hydrogens is 268 g/mol. The number of hydrazine groups is 1. The van der Waals surface area contributed by atoms with Crippen molar-refractivity contribution >= 4 is 29.1 Å². The molecule has 2 aromatic rings. The van der Waals surface area contributed by atoms with Crippen LogP contribution < -0.4 is 10.9 Å². The Labute approximate surface area is 116 Å². The third-order valence-corrected chi connectivity index (χ3v) is 4.04. The predicted octanol–water partition coefficient (Wildman–Crippen LogP) is 3.84. The molecule has 3 nitrogen and oxygen atoms in total. The second-order valence-corrected chi connectivity index (χ2v) is 5.47. The van der Waals surface area contributed by atoms with Gasteiger partial charge in [0, 0.05) is 7.05 Å². The summed E-state index contributed by atoms with van der Waals surface area (Å²) in [5.41, 5.74) is 2.04. The van der Waals surface area contributed by atoms with E-state index in [1.54, 1.807) is 30.1 Å². The second-order valence-electron chi connectivity index (χ2n) is 4.08. The summed E-state index contributed by atoms with van der Waals surface area (Å²) < 4.78 is 5.42. The fourth-order valence-corrected chi connectivity index (χ4v) is 2.96. The minimum absolute atomic E-state index is 0.707. The molecule has 0 saturated heterocycles. The molecular formula is C13H15ClN2OS. The van der Waals surface area contributed by atoms with Gasteiger partial charge in [0.05, 0.1) is 27.6 Å². The van der Waals surface area contributed by atoms with E-state index in [9.17, 15) is 0 Å². The van der Waals surface area contributed by atoms with Gasteiger partial charge in [-0.2, -0.15) is 0 Å². The number of furan rings is 1. The van der Waals surface area contributed by atoms with E-state index < -0.39 is 0 Å². The number of hydrogen-bond donors (Lipinski definition) is 1. The van der Waals surface area contributed by atoms with Crippen molar-refractivity contribution in [3.8, 4) is 0 Å². The van der Waals surface area contributed by atoms with Crippen molar-refractivity contribution in [3.05, 3.63) is 46.9 Å². The molecule has 2 N–H and O–H groups in total. The molecule has 0 aliphatic carbocycles. The van der Waals surface area contributed by atoms with Crippen LogP contribution in [0.2, 0.25) is 5.02 Å². The van der Waals surface area contributed by atoms with Crippen LogP contribution >= 0.6 is 23.4 Å². The van der Waals surface area contributed by atoms with Crippen LogP contribution in [0.4, 0.5) is 5.69 Å². The van der Waals surface area contributed by atoms with E-state index in [2.05, 4.69) is 0 Å². The highest BCUT2D eigenvalue weighted by Crippen LogP contribution is 2.37. The van der Waals surface area contributed by atoms with Crippen LogP contribution in [-0.2, 0) is 5.75 Å². The van der Waals surface area contributed by atoms with E-state index in [-0.39, 0.29) is 0 Å². The molecule has 0 atom stereocenters. The number of nitrogens with zero attached hydrogens (tertiary/aromatic N) is 1. The fraction of sp³-hybridized carbons (Fsp3) is 0.231. The molecule has 0 amide bonds. The van der Waals surface area contributed by atoms with Crippen molar-refractivity contribution in [2.75, 3.05) is 12.1 Å². The van der Waals surface area contributed by atoms with Crippen molar-refractivity contribution < 1.29 is 4.42 Å². The van der Waals surface area contributed by atoms with Gasteiger partial charge in [0.1, 0.15) is 5.76 Å². The van der Waals surface area contributed by atoms with Gasteiger partial charge in [0.2, 0.25) is 0 Å². The molecule has 0 unspecified atom stereocenters. The summed E-state index contributed by atoms with van der Waals surface area (Å²) in [7, 11) is 1.80. The van der Waals surface area contributed by atoms with Crippen LogP contribution in [0.5, 0.6) is 0 Å². The highest BCUT2D eigenvalue weighted by atomic mass is 35.5. The highest BCUT2D eigenvalue weighted by molar-refractivity contribution is 7.98. The van der Waals surface area contributed by atoms with Crippen LogP contribution in [0, 0.1) is 6.92 Å². The topological polar surface area (TPSA) is 42.4 Å². The van der Waals surface area contributed by atoms with Gasteiger partial charge in [0.15, 0.2) is 0 Å². The van der Waals surface area contributed by atoms with E-state index in [1.165, 1.54) is 0 Å². The maximum Gasteiger partial charge on any atom is 0.114 e. The molecule has 2 rings (SSSR count). The fourth-order valence-electron chi connectivity index (χ4n) is 1.63. The molecule has 0 spiro atoms. The van der Waals surface area contributed by atoms with Crippen LogP contribution in [0.25, 0.3) is 0 Å². The summed E-state index contributed by atoms with van der Waals surface area (Å²) in [6, 6.07) is 7.73. The third-order valence-electron chi connectivity index (χ3n) is 2.47. The number of thioether (sulfide) groups is 1. The average Bonchev–Trinajstić information content (AvgIpc) is 2.73. The molecule has 18 heavy (non-hydrogen) atoms. The van der Waals surface area contributed by atoms with Crippen molar-refractivity contribution in [2.24, 2.45) is 5.84 Å². The van der Waals surface area contributed by atoms with Gasteiger partial charge in [-0.3, -0.25) is 0 Å². The Balaban J connectivity index is 2.18. The lowest BCUT2D eigenvalue weighted by Gasteiger charge is -2.17. The van der Waals surface area contributed by atoms with Gasteiger partial charge >= 0.3 is 0 Å². The zero-order valence-corrected chi connectivity index (χ0v) is 11.9. The number of aryl methyl sites for hydroxylation is 1. The predicted molar refractivity (Wildman–Crippen MR) is 77.0 cm³/mol. The molecule has 1 heterocycles. The smallest absolute Gasteiger partial charge is 0.114 e. The van der Waals surface area contributed by atoms with Gasteiger partial charge in [-0.05, 0) is 30.7 Å². The Hall–Kier alpha value is -1.10. The molecule has 96 valence electrons. The zero-order chi connectivity index (χ0) is 13.1. The maximum atomic E-state index is 6.21. The van der Waals surface area contributed by atoms with E-state index in [0.717, 1.165) is 27.7 Å². The molecule has 0 aliphatic heterocycles. The van der Waals surface area contributed by atoms with Gasteiger partial charge in [-0.1, -0.05) is 17.7 Å². The third kappa shape index (κ3) is 3.02. The molecule has 0 saturated carbocycles. The Kier molecular flexibility index (Phi) is 4.22. The first kappa shape index (κ1) is 13.3. The van der Waals surface area contributed by atoms with Crippen LogP contribution in [0.15, 0.2) is 39.8 Å². The van der Waals surface area contributed by atoms with Crippen molar-refractivity contribution in [1.82, 2.24) is 0 Å². The summed E-state index contributed by atoms with van der Waals surface area (Å²) >= 11 is 7.83. The normalized spacial score (nSPS) is 10.7. The minimum atomic E-state index is 0.707. The second kappa shape index (κ2) is 5.69. The molecule has 1 aromatic heterocycles. The van der Waals surface area contributed by atoms with Crippen molar-refractivity contribution in [3.63, 3.8) is 0 Å². The Morgan fingerprint density at radius 2 is 2.22 bits per heavy atom. The standard InChI is InChI=1S/C13H15ClN2OS/c1-9-6-10(17-7-9)8-18-13-11(14)4-3-5-12(13)16(2)15/h3-7H,8,15H2,1-2H3. The Morgan fingerprint density at radius 1 is 1.44 bits per heavy atom. The van der Waals surface area contributed by atoms with Crippen molar-refractivity contribution in [2.45, 2.75) is 17.6 Å². The van der Waals surface area contributed by atoms with E-state index in [1.807, 2.05) is 31.2 Å². The summed E-state index contributed by atoms with van der Waals surface area (Å²) in [5, 5.41) is 2.28. The van der Waals surface area contributed by atoms with Crippen LogP contribution in [-0.4, -0.2) is 7.05 Å². The monoisotopic (exact) mass is 282 g/mol. The number of nitrogens with two attached hydrogens (primary N) is 1. The van der Waals surface area contributed by atoms with Gasteiger partial charge in [0.25, 0.3) is 0 Å². The number of anilines is 1. The zero-order valence-electron chi connectivity index (χ0n) is 10.3. The van der Waals surface area contributed by atoms with Gasteiger partial charge in [-0.25, -0.2) is 5.84 Å². The van der Waals surface area contributed by atoms with E-state index in [4.69, 9.17) is 21.9 Å². The van der Waals surface area contributed by atoms with Crippen molar-refractivity contribution in [1.29, 1.82) is 0 Å². The number of halogens is 1. The van der Waals surface area contributed by atoms with Crippen LogP contribution in [0.1, 0.15) is 11.3 Å². The SMILES string of the molecule is Cc1coc(CSc2c(Cl)cccc2N(C)N)c1. The maximum absolute atomic E-state index is 6.21. The van der Waals surface area contributed by atoms with Gasteiger partial charge in [-0.15, -0.1) is 11.8 Å². The molecule has 1 aromatic carbocycles. The van der Waals surface area contributed by atoms with Crippen LogP contribution in [0.3, 0.4) is 0 Å². The largest absolute Gasteiger partial charge is 0.468 e. The number of hydrogen-bond acceptors (Lipinski definition) is 4. The molecule has 5 heteroatoms. The number of rotatable bonds is 4. The first-order valence-corrected chi connectivity index (χ1v) is 6.88. The summed E-state index contributed by atoms with van der Waals surface area (Å²) in [6.45, 7) is 2.01. The first-order valence-electron chi connectivity index (χ1n) is 5.51. The molecule has 0 radical (unpaired) electrons. The molecule has 0 bridgehead atoms. The molecule has 0 aliphatic rings. The van der Waals surface area contributed by atoms with Gasteiger partial charge < -0.3 is 9.43 Å². The number of benzene rings is 1. The molecule has 0 fully saturated rings. The Morgan fingerprint density at radius 3 is 2.83 bits per heavy atom. The quantitative estimate of drug-likeness (QED) is 0.525. The summed E-state index contributed by atoms with van der Waals surface area (Å²) in [6.07, 6.45) is 1.75. The van der Waals surface area contributed by atoms with E-state index in [0.29, 0.717) is 5.02 Å². The highest BCUT2D eigenvalue weighted by Gasteiger charge is 2.11. The lowest BCUT2D eigenvalue weighted by atomic mass is 10.3.